The predicted molar refractivity (Wildman–Crippen MR) is 66.6 cm³/mol. The molecule has 0 atom stereocenters. The van der Waals surface area contributed by atoms with Crippen LogP contribution < -0.4 is 10.6 Å². The first-order valence-corrected chi connectivity index (χ1v) is 5.39. The molecule has 1 rings (SSSR count). The number of halogens is 1. The molecule has 0 unspecified atom stereocenters. The van der Waals surface area contributed by atoms with Crippen LogP contribution in [-0.4, -0.2) is 25.4 Å². The lowest BCUT2D eigenvalue weighted by Crippen LogP contribution is -2.12. The van der Waals surface area contributed by atoms with Crippen molar-refractivity contribution in [3.63, 3.8) is 0 Å². The molecule has 1 amide bonds. The number of hydrogen-bond acceptors (Lipinski definition) is 2. The largest absolute Gasteiger partial charge is 0.325 e. The second-order valence-corrected chi connectivity index (χ2v) is 3.36. The lowest BCUT2D eigenvalue weighted by molar-refractivity contribution is -0.113. The average molecular weight is 237 g/mol. The molecule has 1 aromatic rings. The Balaban J connectivity index is 2.62. The molecule has 2 N–H and O–H groups in total. The summed E-state index contributed by atoms with van der Waals surface area (Å²) in [6.45, 7) is 0.657. The number of nitrogens with one attached hydrogen (secondary N) is 2. The monoisotopic (exact) mass is 236 g/mol. The van der Waals surface area contributed by atoms with Crippen molar-refractivity contribution in [2.75, 3.05) is 24.8 Å². The Morgan fingerprint density at radius 3 is 2.62 bits per heavy atom. The van der Waals surface area contributed by atoms with Gasteiger partial charge in [-0.1, -0.05) is 11.8 Å². The van der Waals surface area contributed by atoms with Crippen LogP contribution in [0.4, 0.5) is 5.69 Å². The van der Waals surface area contributed by atoms with Gasteiger partial charge < -0.3 is 10.6 Å². The third kappa shape index (κ3) is 4.35. The molecule has 1 aromatic carbocycles. The summed E-state index contributed by atoms with van der Waals surface area (Å²) in [4.78, 5) is 11.0. The summed E-state index contributed by atoms with van der Waals surface area (Å²) in [6, 6.07) is 7.31. The lowest BCUT2D eigenvalue weighted by Gasteiger charge is -2.01. The van der Waals surface area contributed by atoms with E-state index in [0.717, 1.165) is 11.3 Å². The summed E-state index contributed by atoms with van der Waals surface area (Å²) in [5.74, 6) is 5.69. The molecule has 84 valence electrons. The summed E-state index contributed by atoms with van der Waals surface area (Å²) in [7, 11) is 1.85. The standard InChI is InChI=1S/C12H13ClN2O/c1-14-8-2-3-10-4-6-11(7-5-10)15-12(16)9-13/h4-7,14H,8-9H2,1H3,(H,15,16). The minimum absolute atomic E-state index is 0.0380. The van der Waals surface area contributed by atoms with E-state index >= 15 is 0 Å². The molecular formula is C12H13ClN2O. The first kappa shape index (κ1) is 12.6. The van der Waals surface area contributed by atoms with Crippen molar-refractivity contribution in [1.29, 1.82) is 0 Å². The van der Waals surface area contributed by atoms with Crippen LogP contribution in [0.25, 0.3) is 0 Å². The molecule has 0 aliphatic rings. The normalized spacial score (nSPS) is 9.12. The first-order chi connectivity index (χ1) is 7.76. The van der Waals surface area contributed by atoms with Gasteiger partial charge in [-0.2, -0.15) is 0 Å². The summed E-state index contributed by atoms with van der Waals surface area (Å²) < 4.78 is 0. The number of carbonyl (C=O) groups excluding carboxylic acids is 1. The molecule has 0 aromatic heterocycles. The SMILES string of the molecule is CNCC#Cc1ccc(NC(=O)CCl)cc1. The quantitative estimate of drug-likeness (QED) is 0.616. The van der Waals surface area contributed by atoms with E-state index < -0.39 is 0 Å². The first-order valence-electron chi connectivity index (χ1n) is 4.85. The predicted octanol–water partition coefficient (Wildman–Crippen LogP) is 1.43. The van der Waals surface area contributed by atoms with Crippen LogP contribution in [0.3, 0.4) is 0 Å². The third-order valence-electron chi connectivity index (χ3n) is 1.79. The smallest absolute Gasteiger partial charge is 0.239 e. The van der Waals surface area contributed by atoms with Crippen molar-refractivity contribution in [2.24, 2.45) is 0 Å². The van der Waals surface area contributed by atoms with E-state index in [9.17, 15) is 4.79 Å². The van der Waals surface area contributed by atoms with E-state index in [2.05, 4.69) is 22.5 Å². The zero-order valence-electron chi connectivity index (χ0n) is 9.01. The van der Waals surface area contributed by atoms with Gasteiger partial charge in [-0.25, -0.2) is 0 Å². The van der Waals surface area contributed by atoms with Gasteiger partial charge >= 0.3 is 0 Å². The second kappa shape index (κ2) is 6.89. The van der Waals surface area contributed by atoms with Crippen LogP contribution in [0.5, 0.6) is 0 Å². The maximum Gasteiger partial charge on any atom is 0.239 e. The Morgan fingerprint density at radius 1 is 1.38 bits per heavy atom. The minimum Gasteiger partial charge on any atom is -0.325 e. The van der Waals surface area contributed by atoms with Gasteiger partial charge in [0.25, 0.3) is 0 Å². The average Bonchev–Trinajstić information content (AvgIpc) is 2.31. The topological polar surface area (TPSA) is 41.1 Å². The van der Waals surface area contributed by atoms with Crippen LogP contribution in [0.15, 0.2) is 24.3 Å². The number of anilines is 1. The fraction of sp³-hybridized carbons (Fsp3) is 0.250. The maximum absolute atomic E-state index is 11.0. The van der Waals surface area contributed by atoms with Gasteiger partial charge in [0.2, 0.25) is 5.91 Å². The number of benzene rings is 1. The highest BCUT2D eigenvalue weighted by atomic mass is 35.5. The van der Waals surface area contributed by atoms with E-state index in [1.807, 2.05) is 19.2 Å². The summed E-state index contributed by atoms with van der Waals surface area (Å²) >= 11 is 5.38. The zero-order valence-corrected chi connectivity index (χ0v) is 9.77. The molecule has 0 fully saturated rings. The van der Waals surface area contributed by atoms with Gasteiger partial charge in [-0.05, 0) is 31.3 Å². The number of amides is 1. The summed E-state index contributed by atoms with van der Waals surface area (Å²) in [5, 5.41) is 5.59. The number of hydrogen-bond donors (Lipinski definition) is 2. The molecule has 4 heteroatoms. The molecule has 16 heavy (non-hydrogen) atoms. The molecule has 3 nitrogen and oxygen atoms in total. The van der Waals surface area contributed by atoms with Crippen LogP contribution in [0.2, 0.25) is 0 Å². The molecule has 0 spiro atoms. The molecule has 0 aliphatic heterocycles. The Kier molecular flexibility index (Phi) is 5.41. The Hall–Kier alpha value is -1.50. The third-order valence-corrected chi connectivity index (χ3v) is 2.03. The highest BCUT2D eigenvalue weighted by Crippen LogP contribution is 2.08. The lowest BCUT2D eigenvalue weighted by atomic mass is 10.2. The Bertz CT molecular complexity index is 403. The highest BCUT2D eigenvalue weighted by Gasteiger charge is 1.98. The van der Waals surface area contributed by atoms with Gasteiger partial charge in [0.1, 0.15) is 5.88 Å². The van der Waals surface area contributed by atoms with Crippen molar-refractivity contribution < 1.29 is 4.79 Å². The molecule has 0 heterocycles. The molecule has 0 radical (unpaired) electrons. The fourth-order valence-corrected chi connectivity index (χ4v) is 1.13. The Labute approximate surface area is 100 Å². The van der Waals surface area contributed by atoms with Crippen LogP contribution >= 0.6 is 11.6 Å². The van der Waals surface area contributed by atoms with Gasteiger partial charge in [-0.15, -0.1) is 11.6 Å². The van der Waals surface area contributed by atoms with Gasteiger partial charge in [0.15, 0.2) is 0 Å². The fourth-order valence-electron chi connectivity index (χ4n) is 1.07. The van der Waals surface area contributed by atoms with E-state index in [1.54, 1.807) is 12.1 Å². The maximum atomic E-state index is 11.0. The van der Waals surface area contributed by atoms with Crippen LogP contribution in [-0.2, 0) is 4.79 Å². The van der Waals surface area contributed by atoms with Crippen molar-refractivity contribution in [3.05, 3.63) is 29.8 Å². The molecule has 0 aliphatic carbocycles. The van der Waals surface area contributed by atoms with Crippen LogP contribution in [0, 0.1) is 11.8 Å². The Morgan fingerprint density at radius 2 is 2.06 bits per heavy atom. The van der Waals surface area contributed by atoms with E-state index in [0.29, 0.717) is 6.54 Å². The van der Waals surface area contributed by atoms with Crippen molar-refractivity contribution in [2.45, 2.75) is 0 Å². The number of alkyl halides is 1. The van der Waals surface area contributed by atoms with Crippen molar-refractivity contribution in [3.8, 4) is 11.8 Å². The molecular weight excluding hydrogens is 224 g/mol. The van der Waals surface area contributed by atoms with Gasteiger partial charge in [0, 0.05) is 11.3 Å². The van der Waals surface area contributed by atoms with Crippen LogP contribution in [0.1, 0.15) is 5.56 Å². The van der Waals surface area contributed by atoms with Crippen molar-refractivity contribution >= 4 is 23.2 Å². The van der Waals surface area contributed by atoms with Gasteiger partial charge in [-0.3, -0.25) is 4.79 Å². The van der Waals surface area contributed by atoms with E-state index in [4.69, 9.17) is 11.6 Å². The summed E-state index contributed by atoms with van der Waals surface area (Å²) in [5.41, 5.74) is 1.64. The minimum atomic E-state index is -0.212. The van der Waals surface area contributed by atoms with E-state index in [-0.39, 0.29) is 11.8 Å². The van der Waals surface area contributed by atoms with Crippen molar-refractivity contribution in [1.82, 2.24) is 5.32 Å². The number of rotatable bonds is 3. The molecule has 0 bridgehead atoms. The molecule has 0 saturated carbocycles. The van der Waals surface area contributed by atoms with E-state index in [1.165, 1.54) is 0 Å². The second-order valence-electron chi connectivity index (χ2n) is 3.09. The number of carbonyl (C=O) groups is 1. The highest BCUT2D eigenvalue weighted by molar-refractivity contribution is 6.29. The molecule has 0 saturated heterocycles. The summed E-state index contributed by atoms with van der Waals surface area (Å²) in [6.07, 6.45) is 0. The zero-order chi connectivity index (χ0) is 11.8. The van der Waals surface area contributed by atoms with Gasteiger partial charge in [0.05, 0.1) is 6.54 Å².